The Balaban J connectivity index is 1.14. The summed E-state index contributed by atoms with van der Waals surface area (Å²) in [4.78, 5) is 10.4. The van der Waals surface area contributed by atoms with E-state index in [1.807, 2.05) is 13.0 Å². The van der Waals surface area contributed by atoms with Crippen LogP contribution in [-0.2, 0) is 0 Å². The number of nitrogens with one attached hydrogen (secondary N) is 1. The molecule has 2 aromatic heterocycles. The number of aryl methyl sites for hydroxylation is 1. The van der Waals surface area contributed by atoms with E-state index in [1.54, 1.807) is 11.3 Å². The third-order valence-electron chi connectivity index (χ3n) is 5.64. The maximum atomic E-state index is 5.97. The minimum absolute atomic E-state index is 0.734. The Kier molecular flexibility index (Phi) is 5.63. The first-order valence-corrected chi connectivity index (χ1v) is 11.9. The number of rotatable bonds is 6. The third kappa shape index (κ3) is 4.17. The van der Waals surface area contributed by atoms with Crippen molar-refractivity contribution in [1.29, 1.82) is 0 Å². The van der Waals surface area contributed by atoms with E-state index in [0.29, 0.717) is 0 Å². The molecule has 0 amide bonds. The average Bonchev–Trinajstić information content (AvgIpc) is 3.33. The maximum Gasteiger partial charge on any atom is 0.121 e. The van der Waals surface area contributed by atoms with Gasteiger partial charge in [0.1, 0.15) is 5.75 Å². The SMILES string of the molecule is Cc1nc2cc(OCCCN3CC=C(c4c[nH]c5ccc(Br)cc45)CC3)ccc2s1. The molecule has 0 fully saturated rings. The summed E-state index contributed by atoms with van der Waals surface area (Å²) in [6.45, 7) is 5.93. The summed E-state index contributed by atoms with van der Waals surface area (Å²) < 4.78 is 8.31. The van der Waals surface area contributed by atoms with Crippen molar-refractivity contribution < 1.29 is 4.74 Å². The number of fused-ring (bicyclic) bond motifs is 2. The van der Waals surface area contributed by atoms with Crippen molar-refractivity contribution >= 4 is 54.0 Å². The van der Waals surface area contributed by atoms with Crippen LogP contribution in [0.5, 0.6) is 5.75 Å². The Hall–Kier alpha value is -2.15. The quantitative estimate of drug-likeness (QED) is 0.323. The number of halogens is 1. The molecule has 0 unspecified atom stereocenters. The van der Waals surface area contributed by atoms with Crippen LogP contribution in [0.3, 0.4) is 0 Å². The molecule has 5 rings (SSSR count). The number of thiazole rings is 1. The lowest BCUT2D eigenvalue weighted by Gasteiger charge is -2.26. The van der Waals surface area contributed by atoms with Crippen molar-refractivity contribution in [3.63, 3.8) is 0 Å². The van der Waals surface area contributed by atoms with Gasteiger partial charge in [0.15, 0.2) is 0 Å². The van der Waals surface area contributed by atoms with Crippen LogP contribution in [0.1, 0.15) is 23.4 Å². The van der Waals surface area contributed by atoms with E-state index < -0.39 is 0 Å². The number of benzene rings is 2. The monoisotopic (exact) mass is 481 g/mol. The summed E-state index contributed by atoms with van der Waals surface area (Å²) in [5, 5.41) is 2.39. The molecule has 6 heteroatoms. The maximum absolute atomic E-state index is 5.97. The molecule has 0 saturated carbocycles. The van der Waals surface area contributed by atoms with E-state index >= 15 is 0 Å². The molecule has 1 N–H and O–H groups in total. The van der Waals surface area contributed by atoms with Crippen molar-refractivity contribution in [3.8, 4) is 5.75 Å². The first kappa shape index (κ1) is 19.8. The normalized spacial score (nSPS) is 15.1. The molecule has 0 aliphatic carbocycles. The van der Waals surface area contributed by atoms with Crippen LogP contribution in [0.4, 0.5) is 0 Å². The molecule has 0 radical (unpaired) electrons. The van der Waals surface area contributed by atoms with Gasteiger partial charge in [-0.25, -0.2) is 4.98 Å². The lowest BCUT2D eigenvalue weighted by atomic mass is 9.99. The van der Waals surface area contributed by atoms with Crippen LogP contribution in [0.2, 0.25) is 0 Å². The Morgan fingerprint density at radius 2 is 2.17 bits per heavy atom. The van der Waals surface area contributed by atoms with Crippen molar-refractivity contribution in [2.45, 2.75) is 19.8 Å². The first-order valence-electron chi connectivity index (χ1n) is 10.3. The highest BCUT2D eigenvalue weighted by Crippen LogP contribution is 2.31. The fourth-order valence-electron chi connectivity index (χ4n) is 4.11. The third-order valence-corrected chi connectivity index (χ3v) is 7.08. The molecule has 3 heterocycles. The minimum Gasteiger partial charge on any atom is -0.493 e. The van der Waals surface area contributed by atoms with Gasteiger partial charge >= 0.3 is 0 Å². The van der Waals surface area contributed by atoms with Gasteiger partial charge in [-0.2, -0.15) is 0 Å². The molecule has 2 aromatic carbocycles. The van der Waals surface area contributed by atoms with Gasteiger partial charge in [-0.1, -0.05) is 22.0 Å². The molecule has 0 spiro atoms. The number of H-pyrrole nitrogens is 1. The van der Waals surface area contributed by atoms with Gasteiger partial charge in [0, 0.05) is 52.8 Å². The Morgan fingerprint density at radius 1 is 1.23 bits per heavy atom. The zero-order chi connectivity index (χ0) is 20.5. The molecule has 154 valence electrons. The summed E-state index contributed by atoms with van der Waals surface area (Å²) >= 11 is 5.32. The standard InChI is InChI=1S/C24H24BrN3OS/c1-16-27-23-14-19(4-6-24(23)30-16)29-12-2-9-28-10-7-17(8-11-28)21-15-26-22-5-3-18(25)13-20(21)22/h3-7,13-15,26H,2,8-12H2,1H3. The van der Waals surface area contributed by atoms with Crippen molar-refractivity contribution in [2.24, 2.45) is 0 Å². The van der Waals surface area contributed by atoms with E-state index in [-0.39, 0.29) is 0 Å². The van der Waals surface area contributed by atoms with Crippen molar-refractivity contribution in [2.75, 3.05) is 26.2 Å². The Bertz CT molecular complexity index is 1230. The highest BCUT2D eigenvalue weighted by Gasteiger charge is 2.15. The van der Waals surface area contributed by atoms with E-state index in [1.165, 1.54) is 26.7 Å². The topological polar surface area (TPSA) is 41.1 Å². The number of hydrogen-bond donors (Lipinski definition) is 1. The van der Waals surface area contributed by atoms with Crippen molar-refractivity contribution in [1.82, 2.24) is 14.9 Å². The molecule has 1 aliphatic heterocycles. The minimum atomic E-state index is 0.734. The van der Waals surface area contributed by atoms with Crippen LogP contribution in [0, 0.1) is 6.92 Å². The smallest absolute Gasteiger partial charge is 0.121 e. The molecular formula is C24H24BrN3OS. The summed E-state index contributed by atoms with van der Waals surface area (Å²) in [7, 11) is 0. The molecule has 30 heavy (non-hydrogen) atoms. The molecule has 0 saturated heterocycles. The van der Waals surface area contributed by atoms with Gasteiger partial charge in [-0.3, -0.25) is 4.90 Å². The second-order valence-electron chi connectivity index (χ2n) is 7.74. The summed E-state index contributed by atoms with van der Waals surface area (Å²) in [6.07, 6.45) is 6.64. The van der Waals surface area contributed by atoms with Gasteiger partial charge in [0.25, 0.3) is 0 Å². The molecule has 0 atom stereocenters. The largest absolute Gasteiger partial charge is 0.493 e. The zero-order valence-electron chi connectivity index (χ0n) is 17.0. The van der Waals surface area contributed by atoms with Gasteiger partial charge < -0.3 is 9.72 Å². The van der Waals surface area contributed by atoms with E-state index in [2.05, 4.69) is 73.4 Å². The second kappa shape index (κ2) is 8.53. The van der Waals surface area contributed by atoms with E-state index in [0.717, 1.165) is 59.8 Å². The fraction of sp³-hybridized carbons (Fsp3) is 0.292. The van der Waals surface area contributed by atoms with Crippen LogP contribution in [-0.4, -0.2) is 41.1 Å². The molecule has 4 aromatic rings. The average molecular weight is 482 g/mol. The first-order chi connectivity index (χ1) is 14.7. The van der Waals surface area contributed by atoms with Crippen LogP contribution >= 0.6 is 27.3 Å². The van der Waals surface area contributed by atoms with Crippen LogP contribution in [0.15, 0.2) is 53.1 Å². The lowest BCUT2D eigenvalue weighted by Crippen LogP contribution is -2.30. The van der Waals surface area contributed by atoms with E-state index in [9.17, 15) is 0 Å². The number of ether oxygens (including phenoxy) is 1. The van der Waals surface area contributed by atoms with Crippen LogP contribution in [0.25, 0.3) is 26.7 Å². The highest BCUT2D eigenvalue weighted by atomic mass is 79.9. The second-order valence-corrected chi connectivity index (χ2v) is 9.89. The number of nitrogens with zero attached hydrogens (tertiary/aromatic N) is 2. The number of aromatic nitrogens is 2. The Labute approximate surface area is 188 Å². The molecule has 4 nitrogen and oxygen atoms in total. The van der Waals surface area contributed by atoms with E-state index in [4.69, 9.17) is 4.74 Å². The van der Waals surface area contributed by atoms with Gasteiger partial charge in [-0.05, 0) is 55.7 Å². The van der Waals surface area contributed by atoms with Crippen LogP contribution < -0.4 is 4.74 Å². The summed E-state index contributed by atoms with van der Waals surface area (Å²) in [5.41, 5.74) is 5.01. The highest BCUT2D eigenvalue weighted by molar-refractivity contribution is 9.10. The van der Waals surface area contributed by atoms with Gasteiger partial charge in [0.2, 0.25) is 0 Å². The summed E-state index contributed by atoms with van der Waals surface area (Å²) in [5.74, 6) is 0.916. The van der Waals surface area contributed by atoms with Gasteiger partial charge in [-0.15, -0.1) is 11.3 Å². The molecule has 1 aliphatic rings. The molecular weight excluding hydrogens is 458 g/mol. The summed E-state index contributed by atoms with van der Waals surface area (Å²) in [6, 6.07) is 12.6. The molecule has 0 bridgehead atoms. The number of aromatic amines is 1. The Morgan fingerprint density at radius 3 is 3.03 bits per heavy atom. The van der Waals surface area contributed by atoms with Gasteiger partial charge in [0.05, 0.1) is 21.8 Å². The fourth-order valence-corrected chi connectivity index (χ4v) is 5.28. The van der Waals surface area contributed by atoms with Crippen molar-refractivity contribution in [3.05, 3.63) is 63.7 Å². The lowest BCUT2D eigenvalue weighted by molar-refractivity contribution is 0.248. The predicted octanol–water partition coefficient (Wildman–Crippen LogP) is 6.41. The number of hydrogen-bond acceptors (Lipinski definition) is 4. The zero-order valence-corrected chi connectivity index (χ0v) is 19.4. The predicted molar refractivity (Wildman–Crippen MR) is 130 cm³/mol.